The number of halogens is 1. The van der Waals surface area contributed by atoms with Gasteiger partial charge in [0.05, 0.1) is 11.6 Å². The molecule has 0 atom stereocenters. The molecule has 7 heteroatoms. The van der Waals surface area contributed by atoms with Crippen molar-refractivity contribution in [2.45, 2.75) is 0 Å². The van der Waals surface area contributed by atoms with Crippen molar-refractivity contribution in [3.63, 3.8) is 0 Å². The summed E-state index contributed by atoms with van der Waals surface area (Å²) < 4.78 is 17.4. The Labute approximate surface area is 167 Å². The van der Waals surface area contributed by atoms with E-state index in [9.17, 15) is 9.59 Å². The van der Waals surface area contributed by atoms with Crippen LogP contribution in [0.1, 0.15) is 0 Å². The fourth-order valence-corrected chi connectivity index (χ4v) is 2.91. The van der Waals surface area contributed by atoms with Crippen LogP contribution in [0.4, 0.5) is 5.69 Å². The predicted octanol–water partition coefficient (Wildman–Crippen LogP) is 4.83. The lowest BCUT2D eigenvalue weighted by molar-refractivity contribution is -0.118. The summed E-state index contributed by atoms with van der Waals surface area (Å²) in [7, 11) is 0. The van der Waals surface area contributed by atoms with Crippen LogP contribution in [0.15, 0.2) is 85.0 Å². The second-order valence-corrected chi connectivity index (χ2v) is 6.87. The molecule has 0 radical (unpaired) electrons. The van der Waals surface area contributed by atoms with Gasteiger partial charge in [0.2, 0.25) is 0 Å². The highest BCUT2D eigenvalue weighted by Crippen LogP contribution is 2.25. The molecule has 140 valence electrons. The number of amides is 1. The van der Waals surface area contributed by atoms with Crippen LogP contribution in [0.25, 0.3) is 22.5 Å². The quantitative estimate of drug-likeness (QED) is 0.481. The summed E-state index contributed by atoms with van der Waals surface area (Å²) in [6.07, 6.45) is 1.51. The van der Waals surface area contributed by atoms with Gasteiger partial charge < -0.3 is 18.9 Å². The number of benzene rings is 2. The third-order valence-corrected chi connectivity index (χ3v) is 4.49. The number of anilines is 1. The number of rotatable bonds is 5. The summed E-state index contributed by atoms with van der Waals surface area (Å²) in [5, 5.41) is 3.10. The standard InChI is InChI=1S/C21H14BrNO5/c22-13-3-5-14(6-4-13)23-21(25)12-27-15-7-8-18-16(10-15)17(24)11-20(28-18)19-2-1-9-26-19/h1-11H,12H2,(H,23,25). The highest BCUT2D eigenvalue weighted by molar-refractivity contribution is 9.10. The van der Waals surface area contributed by atoms with Gasteiger partial charge >= 0.3 is 0 Å². The highest BCUT2D eigenvalue weighted by Gasteiger charge is 2.11. The summed E-state index contributed by atoms with van der Waals surface area (Å²) >= 11 is 3.34. The Morgan fingerprint density at radius 3 is 2.61 bits per heavy atom. The molecule has 2 aromatic heterocycles. The van der Waals surface area contributed by atoms with Gasteiger partial charge in [0.15, 0.2) is 23.6 Å². The van der Waals surface area contributed by atoms with E-state index in [4.69, 9.17) is 13.6 Å². The third kappa shape index (κ3) is 3.99. The van der Waals surface area contributed by atoms with Crippen LogP contribution in [0.2, 0.25) is 0 Å². The number of nitrogens with one attached hydrogen (secondary N) is 1. The van der Waals surface area contributed by atoms with Crippen molar-refractivity contribution in [2.75, 3.05) is 11.9 Å². The molecule has 0 aliphatic rings. The monoisotopic (exact) mass is 439 g/mol. The number of fused-ring (bicyclic) bond motifs is 1. The van der Waals surface area contributed by atoms with Crippen LogP contribution in [0.3, 0.4) is 0 Å². The molecule has 0 saturated heterocycles. The molecule has 1 amide bonds. The first-order valence-corrected chi connectivity index (χ1v) is 9.18. The molecular weight excluding hydrogens is 426 g/mol. The van der Waals surface area contributed by atoms with Gasteiger partial charge in [-0.3, -0.25) is 9.59 Å². The van der Waals surface area contributed by atoms with Gasteiger partial charge in [-0.25, -0.2) is 0 Å². The minimum atomic E-state index is -0.303. The van der Waals surface area contributed by atoms with Crippen LogP contribution >= 0.6 is 15.9 Å². The van der Waals surface area contributed by atoms with Gasteiger partial charge in [-0.1, -0.05) is 15.9 Å². The average Bonchev–Trinajstić information content (AvgIpc) is 3.23. The summed E-state index contributed by atoms with van der Waals surface area (Å²) in [5.74, 6) is 0.924. The Bertz CT molecular complexity index is 1180. The maximum Gasteiger partial charge on any atom is 0.262 e. The van der Waals surface area contributed by atoms with E-state index in [1.54, 1.807) is 42.5 Å². The molecule has 4 aromatic rings. The molecule has 0 saturated carbocycles. The van der Waals surface area contributed by atoms with E-state index in [0.717, 1.165) is 4.47 Å². The number of ether oxygens (including phenoxy) is 1. The zero-order valence-corrected chi connectivity index (χ0v) is 16.1. The summed E-state index contributed by atoms with van der Waals surface area (Å²) in [6, 6.07) is 16.8. The van der Waals surface area contributed by atoms with Gasteiger partial charge in [-0.2, -0.15) is 0 Å². The first-order chi connectivity index (χ1) is 13.6. The molecule has 6 nitrogen and oxygen atoms in total. The second-order valence-electron chi connectivity index (χ2n) is 5.95. The lowest BCUT2D eigenvalue weighted by Crippen LogP contribution is -2.20. The summed E-state index contributed by atoms with van der Waals surface area (Å²) in [4.78, 5) is 24.5. The first-order valence-electron chi connectivity index (χ1n) is 8.38. The van der Waals surface area contributed by atoms with Crippen LogP contribution in [0.5, 0.6) is 5.75 Å². The molecule has 28 heavy (non-hydrogen) atoms. The number of furan rings is 1. The first kappa shape index (κ1) is 18.1. The van der Waals surface area contributed by atoms with Gasteiger partial charge in [-0.05, 0) is 54.6 Å². The lowest BCUT2D eigenvalue weighted by Gasteiger charge is -2.08. The Balaban J connectivity index is 1.48. The third-order valence-electron chi connectivity index (χ3n) is 3.96. The van der Waals surface area contributed by atoms with Gasteiger partial charge in [0, 0.05) is 16.2 Å². The van der Waals surface area contributed by atoms with E-state index in [1.165, 1.54) is 12.3 Å². The smallest absolute Gasteiger partial charge is 0.262 e. The Kier molecular flexibility index (Phi) is 4.99. The second kappa shape index (κ2) is 7.74. The molecule has 0 unspecified atom stereocenters. The molecule has 4 rings (SSSR count). The van der Waals surface area contributed by atoms with Crippen LogP contribution in [-0.2, 0) is 4.79 Å². The maximum absolute atomic E-state index is 12.4. The minimum absolute atomic E-state index is 0.183. The van der Waals surface area contributed by atoms with E-state index in [1.807, 2.05) is 12.1 Å². The summed E-state index contributed by atoms with van der Waals surface area (Å²) in [6.45, 7) is -0.183. The lowest BCUT2D eigenvalue weighted by atomic mass is 10.2. The number of hydrogen-bond donors (Lipinski definition) is 1. The van der Waals surface area contributed by atoms with Crippen LogP contribution < -0.4 is 15.5 Å². The van der Waals surface area contributed by atoms with Crippen LogP contribution in [-0.4, -0.2) is 12.5 Å². The molecule has 1 N–H and O–H groups in total. The highest BCUT2D eigenvalue weighted by atomic mass is 79.9. The maximum atomic E-state index is 12.4. The normalized spacial score (nSPS) is 10.8. The SMILES string of the molecule is O=C(COc1ccc2oc(-c3ccco3)cc(=O)c2c1)Nc1ccc(Br)cc1. The molecular formula is C21H14BrNO5. The van der Waals surface area contributed by atoms with E-state index in [0.29, 0.717) is 33.9 Å². The van der Waals surface area contributed by atoms with E-state index in [-0.39, 0.29) is 17.9 Å². The van der Waals surface area contributed by atoms with Crippen molar-refractivity contribution in [1.29, 1.82) is 0 Å². The van der Waals surface area contributed by atoms with Crippen molar-refractivity contribution in [1.82, 2.24) is 0 Å². The fraction of sp³-hybridized carbons (Fsp3) is 0.0476. The molecule has 0 aliphatic heterocycles. The minimum Gasteiger partial charge on any atom is -0.484 e. The Morgan fingerprint density at radius 1 is 1.04 bits per heavy atom. The van der Waals surface area contributed by atoms with Gasteiger partial charge in [0.1, 0.15) is 11.3 Å². The molecule has 0 aliphatic carbocycles. The summed E-state index contributed by atoms with van der Waals surface area (Å²) in [5.41, 5.74) is 0.851. The van der Waals surface area contributed by atoms with E-state index >= 15 is 0 Å². The zero-order chi connectivity index (χ0) is 19.5. The average molecular weight is 440 g/mol. The van der Waals surface area contributed by atoms with E-state index < -0.39 is 0 Å². The Hall–Kier alpha value is -3.32. The number of hydrogen-bond acceptors (Lipinski definition) is 5. The fourth-order valence-electron chi connectivity index (χ4n) is 2.64. The Morgan fingerprint density at radius 2 is 1.86 bits per heavy atom. The molecule has 2 aromatic carbocycles. The van der Waals surface area contributed by atoms with Crippen molar-refractivity contribution in [3.8, 4) is 17.3 Å². The zero-order valence-electron chi connectivity index (χ0n) is 14.5. The molecule has 0 bridgehead atoms. The number of carbonyl (C=O) groups excluding carboxylic acids is 1. The van der Waals surface area contributed by atoms with Crippen molar-refractivity contribution in [3.05, 3.63) is 81.6 Å². The van der Waals surface area contributed by atoms with Crippen molar-refractivity contribution < 1.29 is 18.4 Å². The van der Waals surface area contributed by atoms with Crippen molar-refractivity contribution in [2.24, 2.45) is 0 Å². The van der Waals surface area contributed by atoms with E-state index in [2.05, 4.69) is 21.2 Å². The molecule has 0 spiro atoms. The predicted molar refractivity (Wildman–Crippen MR) is 108 cm³/mol. The van der Waals surface area contributed by atoms with Gasteiger partial charge in [-0.15, -0.1) is 0 Å². The molecule has 0 fully saturated rings. The molecule has 2 heterocycles. The van der Waals surface area contributed by atoms with Crippen molar-refractivity contribution >= 4 is 38.5 Å². The van der Waals surface area contributed by atoms with Crippen LogP contribution in [0, 0.1) is 0 Å². The largest absolute Gasteiger partial charge is 0.484 e. The number of carbonyl (C=O) groups is 1. The van der Waals surface area contributed by atoms with Gasteiger partial charge in [0.25, 0.3) is 5.91 Å². The topological polar surface area (TPSA) is 81.7 Å².